The highest BCUT2D eigenvalue weighted by molar-refractivity contribution is 7.89. The lowest BCUT2D eigenvalue weighted by Crippen LogP contribution is -2.55. The first kappa shape index (κ1) is 26.8. The molecule has 0 bridgehead atoms. The summed E-state index contributed by atoms with van der Waals surface area (Å²) in [5, 5.41) is 2.37. The van der Waals surface area contributed by atoms with Crippen LogP contribution in [-0.2, 0) is 21.4 Å². The Bertz CT molecular complexity index is 1120. The zero-order valence-corrected chi connectivity index (χ0v) is 20.5. The smallest absolute Gasteiger partial charge is 0.312 e. The number of benzene rings is 2. The highest BCUT2D eigenvalue weighted by atomic mass is 32.2. The molecule has 10 nitrogen and oxygen atoms in total. The minimum atomic E-state index is -3.66. The van der Waals surface area contributed by atoms with E-state index in [0.29, 0.717) is 12.0 Å². The van der Waals surface area contributed by atoms with Crippen molar-refractivity contribution in [3.05, 3.63) is 65.2 Å². The number of sulfonamides is 1. The Balaban J connectivity index is 1.99. The molecule has 2 aromatic rings. The second kappa shape index (κ2) is 11.6. The number of urea groups is 1. The van der Waals surface area contributed by atoms with Gasteiger partial charge in [0, 0.05) is 19.2 Å². The lowest BCUT2D eigenvalue weighted by Gasteiger charge is -2.22. The number of hydrogen-bond acceptors (Lipinski definition) is 5. The summed E-state index contributed by atoms with van der Waals surface area (Å²) in [7, 11) is -2.17. The maximum atomic E-state index is 12.8. The zero-order chi connectivity index (χ0) is 25.5. The van der Waals surface area contributed by atoms with Crippen LogP contribution in [0.25, 0.3) is 0 Å². The SMILES string of the molecule is CC[C@@H](C)[C@H](NC(N)=O)C(=O)NNC(=O)c1ccc(CN(C)S(=O)(=O)c2ccc(C)cc2)cc1. The van der Waals surface area contributed by atoms with Crippen LogP contribution in [0.3, 0.4) is 0 Å². The van der Waals surface area contributed by atoms with Gasteiger partial charge in [-0.15, -0.1) is 0 Å². The molecule has 0 saturated carbocycles. The molecule has 0 fully saturated rings. The van der Waals surface area contributed by atoms with E-state index >= 15 is 0 Å². The number of amides is 4. The molecule has 0 aromatic heterocycles. The van der Waals surface area contributed by atoms with Crippen LogP contribution in [0.15, 0.2) is 53.4 Å². The number of carbonyl (C=O) groups is 3. The van der Waals surface area contributed by atoms with Crippen molar-refractivity contribution in [2.75, 3.05) is 7.05 Å². The standard InChI is InChI=1S/C23H31N5O5S/c1-5-16(3)20(25-23(24)31)22(30)27-26-21(29)18-10-8-17(9-11-18)14-28(4)34(32,33)19-12-6-15(2)7-13-19/h6-13,16,20H,5,14H2,1-4H3,(H,26,29)(H,27,30)(H3,24,25,31)/t16-,20+/m1/s1. The molecule has 0 radical (unpaired) electrons. The van der Waals surface area contributed by atoms with Gasteiger partial charge in [-0.25, -0.2) is 13.2 Å². The Morgan fingerprint density at radius 2 is 1.59 bits per heavy atom. The summed E-state index contributed by atoms with van der Waals surface area (Å²) < 4.78 is 26.7. The average Bonchev–Trinajstić information content (AvgIpc) is 2.80. The van der Waals surface area contributed by atoms with Gasteiger partial charge in [0.15, 0.2) is 0 Å². The van der Waals surface area contributed by atoms with E-state index in [1.807, 2.05) is 13.8 Å². The number of nitrogens with zero attached hydrogens (tertiary/aromatic N) is 1. The molecule has 0 heterocycles. The van der Waals surface area contributed by atoms with Crippen molar-refractivity contribution in [3.8, 4) is 0 Å². The third kappa shape index (κ3) is 7.03. The maximum Gasteiger partial charge on any atom is 0.312 e. The molecular weight excluding hydrogens is 458 g/mol. The van der Waals surface area contributed by atoms with Gasteiger partial charge in [0.2, 0.25) is 10.0 Å². The number of carbonyl (C=O) groups excluding carboxylic acids is 3. The van der Waals surface area contributed by atoms with Crippen molar-refractivity contribution in [2.24, 2.45) is 11.7 Å². The van der Waals surface area contributed by atoms with Gasteiger partial charge in [-0.3, -0.25) is 20.4 Å². The van der Waals surface area contributed by atoms with Crippen molar-refractivity contribution < 1.29 is 22.8 Å². The lowest BCUT2D eigenvalue weighted by atomic mass is 9.99. The van der Waals surface area contributed by atoms with E-state index in [1.165, 1.54) is 23.5 Å². The van der Waals surface area contributed by atoms with Crippen LogP contribution in [0.1, 0.15) is 41.8 Å². The molecule has 4 amide bonds. The van der Waals surface area contributed by atoms with E-state index in [9.17, 15) is 22.8 Å². The van der Waals surface area contributed by atoms with Crippen molar-refractivity contribution in [3.63, 3.8) is 0 Å². The van der Waals surface area contributed by atoms with Crippen LogP contribution in [0.5, 0.6) is 0 Å². The number of hydrogen-bond donors (Lipinski definition) is 4. The van der Waals surface area contributed by atoms with Gasteiger partial charge in [0.1, 0.15) is 6.04 Å². The van der Waals surface area contributed by atoms with Crippen molar-refractivity contribution in [1.82, 2.24) is 20.5 Å². The van der Waals surface area contributed by atoms with Crippen LogP contribution in [0.4, 0.5) is 4.79 Å². The maximum absolute atomic E-state index is 12.8. The summed E-state index contributed by atoms with van der Waals surface area (Å²) in [6.07, 6.45) is 0.613. The predicted molar refractivity (Wildman–Crippen MR) is 128 cm³/mol. The van der Waals surface area contributed by atoms with Crippen LogP contribution < -0.4 is 21.9 Å². The summed E-state index contributed by atoms with van der Waals surface area (Å²) in [4.78, 5) is 36.1. The summed E-state index contributed by atoms with van der Waals surface area (Å²) in [6.45, 7) is 5.63. The number of nitrogens with two attached hydrogens (primary N) is 1. The van der Waals surface area contributed by atoms with Gasteiger partial charge in [-0.2, -0.15) is 4.31 Å². The quantitative estimate of drug-likeness (QED) is 0.395. The fraction of sp³-hybridized carbons (Fsp3) is 0.348. The fourth-order valence-corrected chi connectivity index (χ4v) is 4.28. The second-order valence-electron chi connectivity index (χ2n) is 8.09. The van der Waals surface area contributed by atoms with Gasteiger partial charge >= 0.3 is 6.03 Å². The molecule has 0 unspecified atom stereocenters. The Labute approximate surface area is 199 Å². The van der Waals surface area contributed by atoms with Crippen molar-refractivity contribution in [1.29, 1.82) is 0 Å². The van der Waals surface area contributed by atoms with Gasteiger partial charge in [-0.1, -0.05) is 50.1 Å². The van der Waals surface area contributed by atoms with E-state index in [2.05, 4.69) is 16.2 Å². The van der Waals surface area contributed by atoms with Crippen LogP contribution in [0, 0.1) is 12.8 Å². The number of aryl methyl sites for hydroxylation is 1. The van der Waals surface area contributed by atoms with Crippen LogP contribution in [-0.4, -0.2) is 43.7 Å². The third-order valence-corrected chi connectivity index (χ3v) is 7.26. The highest BCUT2D eigenvalue weighted by Crippen LogP contribution is 2.17. The van der Waals surface area contributed by atoms with Crippen LogP contribution >= 0.6 is 0 Å². The predicted octanol–water partition coefficient (Wildman–Crippen LogP) is 1.66. The number of primary amides is 1. The number of nitrogens with one attached hydrogen (secondary N) is 3. The molecule has 11 heteroatoms. The molecule has 0 aliphatic heterocycles. The van der Waals surface area contributed by atoms with E-state index in [1.54, 1.807) is 43.3 Å². The molecular formula is C23H31N5O5S. The minimum Gasteiger partial charge on any atom is -0.352 e. The second-order valence-corrected chi connectivity index (χ2v) is 10.1. The summed E-state index contributed by atoms with van der Waals surface area (Å²) in [5.41, 5.74) is 11.6. The van der Waals surface area contributed by atoms with E-state index in [0.717, 1.165) is 5.56 Å². The third-order valence-electron chi connectivity index (χ3n) is 5.44. The van der Waals surface area contributed by atoms with Crippen LogP contribution in [0.2, 0.25) is 0 Å². The first-order chi connectivity index (χ1) is 15.9. The van der Waals surface area contributed by atoms with E-state index in [4.69, 9.17) is 5.73 Å². The monoisotopic (exact) mass is 489 g/mol. The van der Waals surface area contributed by atoms with Gasteiger partial charge in [0.05, 0.1) is 4.90 Å². The summed E-state index contributed by atoms with van der Waals surface area (Å²) in [5.74, 6) is -1.36. The molecule has 0 aliphatic rings. The minimum absolute atomic E-state index is 0.115. The van der Waals surface area contributed by atoms with Gasteiger partial charge < -0.3 is 11.1 Å². The topological polar surface area (TPSA) is 151 Å². The normalized spacial score (nSPS) is 13.1. The molecule has 2 rings (SSSR count). The molecule has 0 spiro atoms. The van der Waals surface area contributed by atoms with Crippen molar-refractivity contribution in [2.45, 2.75) is 44.7 Å². The first-order valence-electron chi connectivity index (χ1n) is 10.7. The molecule has 2 atom stereocenters. The molecule has 34 heavy (non-hydrogen) atoms. The Hall–Kier alpha value is -3.44. The van der Waals surface area contributed by atoms with Gasteiger partial charge in [0.25, 0.3) is 11.8 Å². The summed E-state index contributed by atoms with van der Waals surface area (Å²) in [6, 6.07) is 11.2. The van der Waals surface area contributed by atoms with Gasteiger partial charge in [-0.05, 0) is 42.7 Å². The number of rotatable bonds is 9. The largest absolute Gasteiger partial charge is 0.352 e. The molecule has 184 valence electrons. The van der Waals surface area contributed by atoms with E-state index in [-0.39, 0.29) is 22.9 Å². The lowest BCUT2D eigenvalue weighted by molar-refractivity contribution is -0.124. The van der Waals surface area contributed by atoms with E-state index < -0.39 is 33.9 Å². The highest BCUT2D eigenvalue weighted by Gasteiger charge is 2.25. The Morgan fingerprint density at radius 3 is 2.12 bits per heavy atom. The molecule has 0 saturated heterocycles. The molecule has 0 aliphatic carbocycles. The molecule has 2 aromatic carbocycles. The Morgan fingerprint density at radius 1 is 1.00 bits per heavy atom. The molecule has 5 N–H and O–H groups in total. The first-order valence-corrected chi connectivity index (χ1v) is 12.2. The van der Waals surface area contributed by atoms with Crippen molar-refractivity contribution >= 4 is 27.9 Å². The summed E-state index contributed by atoms with van der Waals surface area (Å²) >= 11 is 0. The zero-order valence-electron chi connectivity index (χ0n) is 19.7. The number of hydrazine groups is 1. The fourth-order valence-electron chi connectivity index (χ4n) is 3.12. The Kier molecular flexibility index (Phi) is 9.16. The average molecular weight is 490 g/mol.